The first kappa shape index (κ1) is 16.7. The maximum atomic E-state index is 4.76. The fraction of sp³-hybridized carbons (Fsp3) is 0.318. The third-order valence-corrected chi connectivity index (χ3v) is 5.15. The molecule has 0 amide bonds. The normalized spacial score (nSPS) is 12.3. The van der Waals surface area contributed by atoms with E-state index in [0.717, 1.165) is 28.7 Å². The molecule has 1 N–H and O–H groups in total. The van der Waals surface area contributed by atoms with E-state index in [-0.39, 0.29) is 5.41 Å². The number of H-pyrrole nitrogens is 1. The third-order valence-electron chi connectivity index (χ3n) is 5.15. The molecule has 0 saturated carbocycles. The van der Waals surface area contributed by atoms with Crippen LogP contribution in [0.1, 0.15) is 50.4 Å². The molecule has 0 spiro atoms. The smallest absolute Gasteiger partial charge is 0.137 e. The van der Waals surface area contributed by atoms with Gasteiger partial charge < -0.3 is 4.98 Å². The van der Waals surface area contributed by atoms with Crippen molar-refractivity contribution in [3.63, 3.8) is 0 Å². The lowest BCUT2D eigenvalue weighted by molar-refractivity contribution is 0.520. The largest absolute Gasteiger partial charge is 0.346 e. The average molecular weight is 344 g/mol. The Morgan fingerprint density at radius 3 is 2.62 bits per heavy atom. The highest BCUT2D eigenvalue weighted by atomic mass is 14.8. The van der Waals surface area contributed by atoms with Crippen LogP contribution in [0.25, 0.3) is 21.9 Å². The Balaban J connectivity index is 1.73. The summed E-state index contributed by atoms with van der Waals surface area (Å²) in [6, 6.07) is 8.45. The minimum Gasteiger partial charge on any atom is -0.346 e. The summed E-state index contributed by atoms with van der Waals surface area (Å²) < 4.78 is 0. The second-order valence-electron chi connectivity index (χ2n) is 7.91. The van der Waals surface area contributed by atoms with Crippen LogP contribution in [0.2, 0.25) is 0 Å². The van der Waals surface area contributed by atoms with Crippen LogP contribution in [0.15, 0.2) is 49.1 Å². The van der Waals surface area contributed by atoms with Crippen LogP contribution in [-0.2, 0) is 11.8 Å². The molecule has 26 heavy (non-hydrogen) atoms. The van der Waals surface area contributed by atoms with E-state index in [4.69, 9.17) is 4.98 Å². The Kier molecular flexibility index (Phi) is 3.98. The van der Waals surface area contributed by atoms with Crippen molar-refractivity contribution in [2.24, 2.45) is 0 Å². The molecule has 4 heterocycles. The van der Waals surface area contributed by atoms with Gasteiger partial charge in [0.05, 0.1) is 5.52 Å². The summed E-state index contributed by atoms with van der Waals surface area (Å²) in [5.74, 6) is 0.461. The van der Waals surface area contributed by atoms with Crippen LogP contribution in [0.3, 0.4) is 0 Å². The first-order chi connectivity index (χ1) is 12.5. The Bertz CT molecular complexity index is 1080. The molecular weight excluding hydrogens is 320 g/mol. The van der Waals surface area contributed by atoms with E-state index in [1.807, 2.05) is 24.8 Å². The van der Waals surface area contributed by atoms with Crippen molar-refractivity contribution >= 4 is 21.9 Å². The highest BCUT2D eigenvalue weighted by Crippen LogP contribution is 2.32. The Morgan fingerprint density at radius 2 is 1.81 bits per heavy atom. The standard InChI is InChI=1S/C22H24N4/c1-14(2)16-5-8-23-20-11-15(26-13-18(16)20)12-22(3,4)19-7-10-25-21-17(19)6-9-24-21/h5-11,13-14H,12H2,1-4H3,(H,24,25). The number of rotatable bonds is 4. The van der Waals surface area contributed by atoms with Crippen LogP contribution >= 0.6 is 0 Å². The van der Waals surface area contributed by atoms with Gasteiger partial charge in [0.25, 0.3) is 0 Å². The van der Waals surface area contributed by atoms with E-state index >= 15 is 0 Å². The van der Waals surface area contributed by atoms with E-state index in [0.29, 0.717) is 5.92 Å². The monoisotopic (exact) mass is 344 g/mol. The highest BCUT2D eigenvalue weighted by molar-refractivity contribution is 5.82. The molecule has 0 aliphatic rings. The van der Waals surface area contributed by atoms with E-state index in [1.54, 1.807) is 0 Å². The fourth-order valence-electron chi connectivity index (χ4n) is 3.80. The second kappa shape index (κ2) is 6.20. The van der Waals surface area contributed by atoms with Crippen molar-refractivity contribution in [3.8, 4) is 0 Å². The molecule has 0 aromatic carbocycles. The lowest BCUT2D eigenvalue weighted by atomic mass is 9.79. The molecule has 4 nitrogen and oxygen atoms in total. The average Bonchev–Trinajstić information content (AvgIpc) is 3.09. The van der Waals surface area contributed by atoms with Crippen LogP contribution in [0.5, 0.6) is 0 Å². The SMILES string of the molecule is CC(C)c1ccnc2cc(CC(C)(C)c3ccnc4[nH]ccc34)ncc12. The zero-order valence-corrected chi connectivity index (χ0v) is 15.7. The van der Waals surface area contributed by atoms with Crippen LogP contribution < -0.4 is 0 Å². The van der Waals surface area contributed by atoms with Crippen molar-refractivity contribution in [1.29, 1.82) is 0 Å². The summed E-state index contributed by atoms with van der Waals surface area (Å²) in [6.07, 6.45) is 8.56. The van der Waals surface area contributed by atoms with Gasteiger partial charge in [0.15, 0.2) is 0 Å². The summed E-state index contributed by atoms with van der Waals surface area (Å²) in [5.41, 5.74) is 5.56. The van der Waals surface area contributed by atoms with Gasteiger partial charge in [0.2, 0.25) is 0 Å². The molecule has 0 fully saturated rings. The molecular formula is C22H24N4. The number of fused-ring (bicyclic) bond motifs is 2. The van der Waals surface area contributed by atoms with Crippen molar-refractivity contribution in [2.75, 3.05) is 0 Å². The zero-order valence-electron chi connectivity index (χ0n) is 15.7. The molecule has 4 rings (SSSR count). The Morgan fingerprint density at radius 1 is 1.00 bits per heavy atom. The third kappa shape index (κ3) is 2.85. The molecule has 0 atom stereocenters. The van der Waals surface area contributed by atoms with Gasteiger partial charge >= 0.3 is 0 Å². The molecule has 0 radical (unpaired) electrons. The van der Waals surface area contributed by atoms with E-state index < -0.39 is 0 Å². The molecule has 0 bridgehead atoms. The summed E-state index contributed by atoms with van der Waals surface area (Å²) in [5, 5.41) is 2.33. The van der Waals surface area contributed by atoms with Crippen LogP contribution in [0.4, 0.5) is 0 Å². The number of hydrogen-bond donors (Lipinski definition) is 1. The topological polar surface area (TPSA) is 54.5 Å². The summed E-state index contributed by atoms with van der Waals surface area (Å²) in [4.78, 5) is 16.9. The van der Waals surface area contributed by atoms with Gasteiger partial charge in [-0.1, -0.05) is 27.7 Å². The van der Waals surface area contributed by atoms with Crippen molar-refractivity contribution in [2.45, 2.75) is 45.4 Å². The molecule has 0 aliphatic carbocycles. The van der Waals surface area contributed by atoms with E-state index in [1.165, 1.54) is 16.5 Å². The molecule has 132 valence electrons. The summed E-state index contributed by atoms with van der Waals surface area (Å²) in [7, 11) is 0. The van der Waals surface area contributed by atoms with Gasteiger partial charge in [-0.2, -0.15) is 0 Å². The van der Waals surface area contributed by atoms with Gasteiger partial charge in [0, 0.05) is 41.3 Å². The first-order valence-corrected chi connectivity index (χ1v) is 9.12. The summed E-state index contributed by atoms with van der Waals surface area (Å²) in [6.45, 7) is 8.94. The quantitative estimate of drug-likeness (QED) is 0.557. The molecule has 4 heteroatoms. The first-order valence-electron chi connectivity index (χ1n) is 9.12. The predicted molar refractivity (Wildman–Crippen MR) is 106 cm³/mol. The predicted octanol–water partition coefficient (Wildman–Crippen LogP) is 5.15. The van der Waals surface area contributed by atoms with Crippen molar-refractivity contribution in [1.82, 2.24) is 19.9 Å². The maximum Gasteiger partial charge on any atom is 0.137 e. The minimum atomic E-state index is -0.0558. The number of nitrogens with zero attached hydrogens (tertiary/aromatic N) is 3. The van der Waals surface area contributed by atoms with Crippen molar-refractivity contribution < 1.29 is 0 Å². The van der Waals surface area contributed by atoms with Gasteiger partial charge in [-0.25, -0.2) is 4.98 Å². The van der Waals surface area contributed by atoms with Gasteiger partial charge in [-0.05, 0) is 53.1 Å². The molecule has 0 unspecified atom stereocenters. The molecule has 0 saturated heterocycles. The number of aromatic amines is 1. The van der Waals surface area contributed by atoms with E-state index in [2.05, 4.69) is 66.9 Å². The number of nitrogens with one attached hydrogen (secondary N) is 1. The maximum absolute atomic E-state index is 4.76. The minimum absolute atomic E-state index is 0.0558. The lowest BCUT2D eigenvalue weighted by Gasteiger charge is -2.26. The number of aromatic nitrogens is 4. The zero-order chi connectivity index (χ0) is 18.3. The summed E-state index contributed by atoms with van der Waals surface area (Å²) >= 11 is 0. The molecule has 0 aliphatic heterocycles. The molecule has 4 aromatic heterocycles. The van der Waals surface area contributed by atoms with Crippen LogP contribution in [0, 0.1) is 0 Å². The van der Waals surface area contributed by atoms with E-state index in [9.17, 15) is 0 Å². The van der Waals surface area contributed by atoms with Crippen molar-refractivity contribution in [3.05, 3.63) is 65.9 Å². The number of hydrogen-bond acceptors (Lipinski definition) is 3. The fourth-order valence-corrected chi connectivity index (χ4v) is 3.80. The van der Waals surface area contributed by atoms with Gasteiger partial charge in [0.1, 0.15) is 5.65 Å². The molecule has 4 aromatic rings. The second-order valence-corrected chi connectivity index (χ2v) is 7.91. The highest BCUT2D eigenvalue weighted by Gasteiger charge is 2.25. The Labute approximate surface area is 153 Å². The lowest BCUT2D eigenvalue weighted by Crippen LogP contribution is -2.21. The van der Waals surface area contributed by atoms with Gasteiger partial charge in [-0.3, -0.25) is 9.97 Å². The Hall–Kier alpha value is -2.75. The number of pyridine rings is 3. The van der Waals surface area contributed by atoms with Crippen LogP contribution in [-0.4, -0.2) is 19.9 Å². The van der Waals surface area contributed by atoms with Gasteiger partial charge in [-0.15, -0.1) is 0 Å².